The second-order valence-electron chi connectivity index (χ2n) is 7.64. The van der Waals surface area contributed by atoms with Gasteiger partial charge in [0.2, 0.25) is 0 Å². The molecule has 0 aliphatic carbocycles. The average molecular weight is 364 g/mol. The molecule has 4 nitrogen and oxygen atoms in total. The monoisotopic (exact) mass is 364 g/mol. The lowest BCUT2D eigenvalue weighted by Gasteiger charge is -2.25. The number of para-hydroxylation sites is 1. The lowest BCUT2D eigenvalue weighted by atomic mass is 9.94. The minimum atomic E-state index is 0.139. The number of rotatable bonds is 6. The molecule has 1 atom stereocenters. The Kier molecular flexibility index (Phi) is 5.08. The highest BCUT2D eigenvalue weighted by molar-refractivity contribution is 5.85. The van der Waals surface area contributed by atoms with Gasteiger partial charge in [-0.3, -0.25) is 0 Å². The molecule has 1 aliphatic rings. The third-order valence-electron chi connectivity index (χ3n) is 5.33. The molecular formula is C23H28N2O2. The number of methoxy groups -OCH3 is 1. The van der Waals surface area contributed by atoms with E-state index in [1.165, 1.54) is 27.7 Å². The highest BCUT2D eigenvalue weighted by Gasteiger charge is 2.25. The fourth-order valence-corrected chi connectivity index (χ4v) is 3.85. The second-order valence-corrected chi connectivity index (χ2v) is 7.64. The van der Waals surface area contributed by atoms with Crippen LogP contribution in [0.3, 0.4) is 0 Å². The van der Waals surface area contributed by atoms with Gasteiger partial charge in [-0.2, -0.15) is 0 Å². The molecule has 4 heteroatoms. The summed E-state index contributed by atoms with van der Waals surface area (Å²) in [7, 11) is 1.71. The number of benzene rings is 2. The van der Waals surface area contributed by atoms with E-state index in [2.05, 4.69) is 60.5 Å². The Morgan fingerprint density at radius 2 is 1.96 bits per heavy atom. The fourth-order valence-electron chi connectivity index (χ4n) is 3.85. The van der Waals surface area contributed by atoms with Crippen LogP contribution in [-0.2, 0) is 6.42 Å². The Hall–Kier alpha value is -2.46. The van der Waals surface area contributed by atoms with Gasteiger partial charge >= 0.3 is 0 Å². The summed E-state index contributed by atoms with van der Waals surface area (Å²) in [6.45, 7) is 6.09. The maximum atomic E-state index is 5.95. The molecule has 1 aliphatic heterocycles. The molecule has 2 heterocycles. The first kappa shape index (κ1) is 17.9. The van der Waals surface area contributed by atoms with E-state index in [0.29, 0.717) is 12.5 Å². The van der Waals surface area contributed by atoms with Gasteiger partial charge in [0.25, 0.3) is 0 Å². The summed E-state index contributed by atoms with van der Waals surface area (Å²) in [5.41, 5.74) is 5.08. The van der Waals surface area contributed by atoms with Crippen molar-refractivity contribution in [3.8, 4) is 11.5 Å². The van der Waals surface area contributed by atoms with Crippen molar-refractivity contribution in [2.45, 2.75) is 32.7 Å². The zero-order chi connectivity index (χ0) is 18.8. The van der Waals surface area contributed by atoms with Crippen molar-refractivity contribution >= 4 is 10.9 Å². The number of hydrogen-bond acceptors (Lipinski definition) is 3. The Labute approximate surface area is 160 Å². The van der Waals surface area contributed by atoms with Gasteiger partial charge in [-0.1, -0.05) is 38.1 Å². The van der Waals surface area contributed by atoms with Crippen molar-refractivity contribution in [3.05, 3.63) is 59.3 Å². The van der Waals surface area contributed by atoms with Crippen LogP contribution in [0.5, 0.6) is 11.5 Å². The number of aromatic nitrogens is 1. The molecule has 1 aromatic heterocycles. The normalized spacial score (nSPS) is 16.5. The number of nitrogens with one attached hydrogen (secondary N) is 2. The standard InChI is InChI=1S/C23H28N2O2/c1-15(2)11-13-27-20-9-8-16(14-21(20)26-3)22-23-18(10-12-24-22)17-6-4-5-7-19(17)25-23/h4-9,14-15,22,24-25H,10-13H2,1-3H3. The van der Waals surface area contributed by atoms with E-state index in [4.69, 9.17) is 9.47 Å². The van der Waals surface area contributed by atoms with E-state index in [1.807, 2.05) is 6.07 Å². The SMILES string of the molecule is COc1cc(C2NCCc3c2[nH]c2ccccc32)ccc1OCCC(C)C. The molecular weight excluding hydrogens is 336 g/mol. The Morgan fingerprint density at radius 3 is 2.78 bits per heavy atom. The van der Waals surface area contributed by atoms with E-state index < -0.39 is 0 Å². The quantitative estimate of drug-likeness (QED) is 0.658. The number of ether oxygens (including phenoxy) is 2. The van der Waals surface area contributed by atoms with E-state index >= 15 is 0 Å². The number of fused-ring (bicyclic) bond motifs is 3. The highest BCUT2D eigenvalue weighted by Crippen LogP contribution is 2.37. The van der Waals surface area contributed by atoms with Gasteiger partial charge in [0.1, 0.15) is 0 Å². The van der Waals surface area contributed by atoms with Gasteiger partial charge < -0.3 is 19.8 Å². The fraction of sp³-hybridized carbons (Fsp3) is 0.391. The largest absolute Gasteiger partial charge is 0.493 e. The Bertz CT molecular complexity index is 929. The van der Waals surface area contributed by atoms with Gasteiger partial charge in [0.05, 0.1) is 19.8 Å². The summed E-state index contributed by atoms with van der Waals surface area (Å²) in [5.74, 6) is 2.23. The Balaban J connectivity index is 1.64. The summed E-state index contributed by atoms with van der Waals surface area (Å²) in [6.07, 6.45) is 2.08. The molecule has 2 aromatic carbocycles. The van der Waals surface area contributed by atoms with Gasteiger partial charge in [-0.25, -0.2) is 0 Å². The molecule has 142 valence electrons. The van der Waals surface area contributed by atoms with Crippen molar-refractivity contribution in [1.82, 2.24) is 10.3 Å². The smallest absolute Gasteiger partial charge is 0.161 e. The molecule has 0 radical (unpaired) electrons. The summed E-state index contributed by atoms with van der Waals surface area (Å²) < 4.78 is 11.6. The summed E-state index contributed by atoms with van der Waals surface area (Å²) >= 11 is 0. The van der Waals surface area contributed by atoms with Crippen molar-refractivity contribution in [3.63, 3.8) is 0 Å². The Morgan fingerprint density at radius 1 is 1.11 bits per heavy atom. The summed E-state index contributed by atoms with van der Waals surface area (Å²) in [4.78, 5) is 3.63. The highest BCUT2D eigenvalue weighted by atomic mass is 16.5. The van der Waals surface area contributed by atoms with Crippen molar-refractivity contribution in [1.29, 1.82) is 0 Å². The summed E-state index contributed by atoms with van der Waals surface area (Å²) in [5, 5.41) is 4.99. The van der Waals surface area contributed by atoms with Crippen LogP contribution >= 0.6 is 0 Å². The zero-order valence-electron chi connectivity index (χ0n) is 16.3. The van der Waals surface area contributed by atoms with Crippen molar-refractivity contribution < 1.29 is 9.47 Å². The predicted molar refractivity (Wildman–Crippen MR) is 110 cm³/mol. The third-order valence-corrected chi connectivity index (χ3v) is 5.33. The molecule has 0 saturated carbocycles. The number of hydrogen-bond donors (Lipinski definition) is 2. The molecule has 1 unspecified atom stereocenters. The van der Waals surface area contributed by atoms with Crippen LogP contribution in [0.15, 0.2) is 42.5 Å². The lowest BCUT2D eigenvalue weighted by Crippen LogP contribution is -2.30. The molecule has 0 bridgehead atoms. The van der Waals surface area contributed by atoms with Crippen LogP contribution in [0.25, 0.3) is 10.9 Å². The number of aromatic amines is 1. The number of H-pyrrole nitrogens is 1. The van der Waals surface area contributed by atoms with E-state index in [9.17, 15) is 0 Å². The maximum Gasteiger partial charge on any atom is 0.161 e. The van der Waals surface area contributed by atoms with Gasteiger partial charge in [-0.15, -0.1) is 0 Å². The predicted octanol–water partition coefficient (Wildman–Crippen LogP) is 4.84. The van der Waals surface area contributed by atoms with Crippen molar-refractivity contribution in [2.24, 2.45) is 5.92 Å². The molecule has 0 saturated heterocycles. The van der Waals surface area contributed by atoms with E-state index in [1.54, 1.807) is 7.11 Å². The van der Waals surface area contributed by atoms with Gasteiger partial charge in [0.15, 0.2) is 11.5 Å². The topological polar surface area (TPSA) is 46.3 Å². The minimum Gasteiger partial charge on any atom is -0.493 e. The molecule has 3 aromatic rings. The van der Waals surface area contributed by atoms with Crippen LogP contribution < -0.4 is 14.8 Å². The summed E-state index contributed by atoms with van der Waals surface area (Å²) in [6, 6.07) is 15.0. The van der Waals surface area contributed by atoms with Crippen LogP contribution in [0.2, 0.25) is 0 Å². The maximum absolute atomic E-state index is 5.95. The lowest BCUT2D eigenvalue weighted by molar-refractivity contribution is 0.272. The average Bonchev–Trinajstić information content (AvgIpc) is 3.07. The molecule has 27 heavy (non-hydrogen) atoms. The van der Waals surface area contributed by atoms with Gasteiger partial charge in [-0.05, 0) is 48.1 Å². The van der Waals surface area contributed by atoms with Crippen LogP contribution in [0.4, 0.5) is 0 Å². The molecule has 2 N–H and O–H groups in total. The molecule has 0 fully saturated rings. The first-order chi connectivity index (χ1) is 13.2. The first-order valence-electron chi connectivity index (χ1n) is 9.81. The van der Waals surface area contributed by atoms with Crippen molar-refractivity contribution in [2.75, 3.05) is 20.3 Å². The third kappa shape index (κ3) is 3.54. The molecule has 4 rings (SSSR count). The molecule has 0 spiro atoms. The van der Waals surface area contributed by atoms with E-state index in [-0.39, 0.29) is 6.04 Å². The van der Waals surface area contributed by atoms with Crippen LogP contribution in [0, 0.1) is 5.92 Å². The first-order valence-corrected chi connectivity index (χ1v) is 9.81. The van der Waals surface area contributed by atoms with Crippen LogP contribution in [-0.4, -0.2) is 25.2 Å². The molecule has 0 amide bonds. The van der Waals surface area contributed by atoms with Crippen LogP contribution in [0.1, 0.15) is 43.1 Å². The van der Waals surface area contributed by atoms with Gasteiger partial charge in [0, 0.05) is 23.1 Å². The second kappa shape index (κ2) is 7.65. The van der Waals surface area contributed by atoms with E-state index in [0.717, 1.165) is 30.9 Å². The minimum absolute atomic E-state index is 0.139. The zero-order valence-corrected chi connectivity index (χ0v) is 16.3.